The lowest BCUT2D eigenvalue weighted by atomic mass is 9.78. The van der Waals surface area contributed by atoms with E-state index in [-0.39, 0.29) is 22.9 Å². The molecule has 2 atom stereocenters. The van der Waals surface area contributed by atoms with Crippen LogP contribution in [0.4, 0.5) is 0 Å². The minimum Gasteiger partial charge on any atom is -0.345 e. The first-order chi connectivity index (χ1) is 13.4. The maximum absolute atomic E-state index is 12.8. The topological polar surface area (TPSA) is 96.9 Å². The second-order valence-corrected chi connectivity index (χ2v) is 8.15. The Bertz CT molecular complexity index is 857. The van der Waals surface area contributed by atoms with Crippen molar-refractivity contribution in [2.75, 3.05) is 0 Å². The maximum atomic E-state index is 12.8. The van der Waals surface area contributed by atoms with Crippen LogP contribution in [0.3, 0.4) is 0 Å². The fraction of sp³-hybridized carbons (Fsp3) is 0.476. The molecule has 2 saturated carbocycles. The number of carbonyl (C=O) groups is 2. The summed E-state index contributed by atoms with van der Waals surface area (Å²) >= 11 is 0. The van der Waals surface area contributed by atoms with Gasteiger partial charge in [0.2, 0.25) is 0 Å². The summed E-state index contributed by atoms with van der Waals surface area (Å²) in [5, 5.41) is 6.45. The lowest BCUT2D eigenvalue weighted by Gasteiger charge is -2.40. The number of hydrogen-bond acceptors (Lipinski definition) is 5. The van der Waals surface area contributed by atoms with Gasteiger partial charge in [0.15, 0.2) is 0 Å². The zero-order chi connectivity index (χ0) is 19.8. The molecule has 0 saturated heterocycles. The van der Waals surface area contributed by atoms with E-state index in [2.05, 4.69) is 25.6 Å². The van der Waals surface area contributed by atoms with E-state index in [1.165, 1.54) is 0 Å². The van der Waals surface area contributed by atoms with Gasteiger partial charge in [0.05, 0.1) is 0 Å². The van der Waals surface area contributed by atoms with Crippen LogP contribution in [-0.4, -0.2) is 37.8 Å². The molecule has 0 radical (unpaired) electrons. The summed E-state index contributed by atoms with van der Waals surface area (Å²) < 4.78 is 0. The number of aromatic nitrogens is 3. The molecule has 0 spiro atoms. The van der Waals surface area contributed by atoms with Gasteiger partial charge >= 0.3 is 0 Å². The lowest BCUT2D eigenvalue weighted by Crippen LogP contribution is -2.55. The summed E-state index contributed by atoms with van der Waals surface area (Å²) in [4.78, 5) is 38.1. The van der Waals surface area contributed by atoms with Crippen LogP contribution in [-0.2, 0) is 0 Å². The van der Waals surface area contributed by atoms with E-state index in [1.807, 2.05) is 19.1 Å². The third kappa shape index (κ3) is 3.61. The zero-order valence-electron chi connectivity index (χ0n) is 16.3. The molecule has 2 heterocycles. The molecule has 2 aromatic heterocycles. The minimum atomic E-state index is -0.290. The molecule has 0 unspecified atom stereocenters. The van der Waals surface area contributed by atoms with Crippen molar-refractivity contribution in [2.24, 2.45) is 0 Å². The van der Waals surface area contributed by atoms with Gasteiger partial charge in [-0.3, -0.25) is 9.59 Å². The zero-order valence-corrected chi connectivity index (χ0v) is 16.3. The predicted molar refractivity (Wildman–Crippen MR) is 104 cm³/mol. The number of amides is 2. The van der Waals surface area contributed by atoms with Gasteiger partial charge in [-0.05, 0) is 70.6 Å². The van der Waals surface area contributed by atoms with Gasteiger partial charge in [0, 0.05) is 23.0 Å². The Balaban J connectivity index is 1.48. The maximum Gasteiger partial charge on any atom is 0.270 e. The largest absolute Gasteiger partial charge is 0.345 e. The number of fused-ring (bicyclic) bond motifs is 2. The fourth-order valence-electron chi connectivity index (χ4n) is 4.70. The van der Waals surface area contributed by atoms with E-state index >= 15 is 0 Å². The molecule has 2 bridgehead atoms. The first-order valence-corrected chi connectivity index (χ1v) is 9.77. The van der Waals surface area contributed by atoms with Crippen molar-refractivity contribution in [3.63, 3.8) is 0 Å². The molecule has 7 heteroatoms. The predicted octanol–water partition coefficient (Wildman–Crippen LogP) is 2.49. The molecule has 146 valence electrons. The third-order valence-electron chi connectivity index (χ3n) is 5.96. The Morgan fingerprint density at radius 2 is 1.54 bits per heavy atom. The SMILES string of the molecule is Cc1cccc(C(=O)N[C@@]23CCC[C@@](NC(=O)c4ccnc(C)n4)(CC2)C3)n1. The second-order valence-electron chi connectivity index (χ2n) is 8.15. The highest BCUT2D eigenvalue weighted by Gasteiger charge is 2.52. The molecule has 0 aliphatic heterocycles. The highest BCUT2D eigenvalue weighted by molar-refractivity contribution is 5.93. The van der Waals surface area contributed by atoms with E-state index in [9.17, 15) is 9.59 Å². The Morgan fingerprint density at radius 1 is 0.893 bits per heavy atom. The molecule has 2 aliphatic rings. The van der Waals surface area contributed by atoms with Gasteiger partial charge in [-0.1, -0.05) is 6.07 Å². The number of nitrogens with one attached hydrogen (secondary N) is 2. The van der Waals surface area contributed by atoms with E-state index in [0.717, 1.165) is 44.2 Å². The Hall–Kier alpha value is -2.83. The first kappa shape index (κ1) is 18.5. The van der Waals surface area contributed by atoms with Crippen molar-refractivity contribution in [2.45, 2.75) is 63.5 Å². The monoisotopic (exact) mass is 379 g/mol. The van der Waals surface area contributed by atoms with Crippen molar-refractivity contribution < 1.29 is 9.59 Å². The van der Waals surface area contributed by atoms with Gasteiger partial charge in [-0.15, -0.1) is 0 Å². The molecule has 7 nitrogen and oxygen atoms in total. The third-order valence-corrected chi connectivity index (χ3v) is 5.96. The lowest BCUT2D eigenvalue weighted by molar-refractivity contribution is 0.0826. The Labute approximate surface area is 164 Å². The van der Waals surface area contributed by atoms with E-state index in [4.69, 9.17) is 0 Å². The molecular formula is C21H25N5O2. The average Bonchev–Trinajstić information content (AvgIpc) is 2.91. The number of carbonyl (C=O) groups excluding carboxylic acids is 2. The van der Waals surface area contributed by atoms with Crippen molar-refractivity contribution in [1.82, 2.24) is 25.6 Å². The van der Waals surface area contributed by atoms with Gasteiger partial charge < -0.3 is 10.6 Å². The molecule has 2 fully saturated rings. The van der Waals surface area contributed by atoms with Gasteiger partial charge in [0.25, 0.3) is 11.8 Å². The average molecular weight is 379 g/mol. The summed E-state index contributed by atoms with van der Waals surface area (Å²) in [6.45, 7) is 3.64. The Morgan fingerprint density at radius 3 is 2.14 bits per heavy atom. The van der Waals surface area contributed by atoms with Crippen LogP contribution < -0.4 is 10.6 Å². The molecule has 2 amide bonds. The Kier molecular flexibility index (Phi) is 4.61. The van der Waals surface area contributed by atoms with Gasteiger partial charge in [-0.25, -0.2) is 15.0 Å². The van der Waals surface area contributed by atoms with Gasteiger partial charge in [0.1, 0.15) is 17.2 Å². The van der Waals surface area contributed by atoms with E-state index in [0.29, 0.717) is 17.2 Å². The minimum absolute atomic E-state index is 0.140. The first-order valence-electron chi connectivity index (χ1n) is 9.77. The summed E-state index contributed by atoms with van der Waals surface area (Å²) in [6, 6.07) is 7.09. The molecular weight excluding hydrogens is 354 g/mol. The highest BCUT2D eigenvalue weighted by Crippen LogP contribution is 2.48. The molecule has 2 N–H and O–H groups in total. The number of rotatable bonds is 4. The van der Waals surface area contributed by atoms with Crippen molar-refractivity contribution in [1.29, 1.82) is 0 Å². The van der Waals surface area contributed by atoms with Crippen LogP contribution in [0.25, 0.3) is 0 Å². The summed E-state index contributed by atoms with van der Waals surface area (Å²) in [7, 11) is 0. The molecule has 0 aromatic carbocycles. The second kappa shape index (κ2) is 6.96. The standard InChI is InChI=1S/C21H25N5O2/c1-14-5-3-6-16(23-14)18(27)25-20-8-4-9-21(13-20,11-10-20)26-19(28)17-7-12-22-15(2)24-17/h3,5-7,12H,4,8-11,13H2,1-2H3,(H,25,27)(H,26,28)/t20-,21+/m0/s1. The summed E-state index contributed by atoms with van der Waals surface area (Å²) in [5.74, 6) is 0.265. The van der Waals surface area contributed by atoms with E-state index in [1.54, 1.807) is 25.3 Å². The summed E-state index contributed by atoms with van der Waals surface area (Å²) in [5.41, 5.74) is 1.08. The van der Waals surface area contributed by atoms with Crippen LogP contribution in [0.15, 0.2) is 30.5 Å². The quantitative estimate of drug-likeness (QED) is 0.851. The van der Waals surface area contributed by atoms with Crippen LogP contribution >= 0.6 is 0 Å². The van der Waals surface area contributed by atoms with Crippen LogP contribution in [0, 0.1) is 13.8 Å². The summed E-state index contributed by atoms with van der Waals surface area (Å²) in [6.07, 6.45) is 6.86. The van der Waals surface area contributed by atoms with E-state index < -0.39 is 0 Å². The molecule has 2 aromatic rings. The number of aryl methyl sites for hydroxylation is 2. The van der Waals surface area contributed by atoms with Crippen molar-refractivity contribution in [3.05, 3.63) is 53.4 Å². The fourth-order valence-corrected chi connectivity index (χ4v) is 4.70. The highest BCUT2D eigenvalue weighted by atomic mass is 16.2. The van der Waals surface area contributed by atoms with Crippen LogP contribution in [0.1, 0.15) is 71.0 Å². The van der Waals surface area contributed by atoms with Crippen molar-refractivity contribution in [3.8, 4) is 0 Å². The number of hydrogen-bond donors (Lipinski definition) is 2. The van der Waals surface area contributed by atoms with Crippen LogP contribution in [0.2, 0.25) is 0 Å². The van der Waals surface area contributed by atoms with Crippen molar-refractivity contribution >= 4 is 11.8 Å². The number of pyridine rings is 1. The molecule has 28 heavy (non-hydrogen) atoms. The van der Waals surface area contributed by atoms with Crippen LogP contribution in [0.5, 0.6) is 0 Å². The normalized spacial score (nSPS) is 25.9. The molecule has 4 rings (SSSR count). The van der Waals surface area contributed by atoms with Gasteiger partial charge in [-0.2, -0.15) is 0 Å². The smallest absolute Gasteiger partial charge is 0.270 e. The molecule has 2 aliphatic carbocycles. The number of nitrogens with zero attached hydrogens (tertiary/aromatic N) is 3.